The summed E-state index contributed by atoms with van der Waals surface area (Å²) in [5, 5.41) is 0. The fourth-order valence-electron chi connectivity index (χ4n) is 1.73. The molecular weight excluding hydrogens is 258 g/mol. The minimum Gasteiger partial charge on any atom is -0.384 e. The molecule has 0 spiro atoms. The van der Waals surface area contributed by atoms with Gasteiger partial charge in [0.15, 0.2) is 5.78 Å². The second kappa shape index (κ2) is 5.58. The summed E-state index contributed by atoms with van der Waals surface area (Å²) in [5.41, 5.74) is 6.91. The molecular formula is C14H13N3OS. The van der Waals surface area contributed by atoms with E-state index in [1.165, 1.54) is 6.20 Å². The molecule has 1 heterocycles. The summed E-state index contributed by atoms with van der Waals surface area (Å²) in [6.07, 6.45) is 3.08. The quantitative estimate of drug-likeness (QED) is 0.527. The van der Waals surface area contributed by atoms with Crippen molar-refractivity contribution in [2.75, 3.05) is 5.73 Å². The van der Waals surface area contributed by atoms with Crippen LogP contribution in [0.25, 0.3) is 0 Å². The van der Waals surface area contributed by atoms with Crippen LogP contribution in [0.15, 0.2) is 49.2 Å². The Morgan fingerprint density at radius 3 is 2.74 bits per heavy atom. The van der Waals surface area contributed by atoms with E-state index in [9.17, 15) is 4.79 Å². The Bertz CT molecular complexity index is 677. The lowest BCUT2D eigenvalue weighted by Crippen LogP contribution is -2.14. The zero-order chi connectivity index (χ0) is 13.8. The molecule has 2 N–H and O–H groups in total. The molecule has 1 aromatic heterocycles. The molecule has 2 aromatic rings. The van der Waals surface area contributed by atoms with Crippen LogP contribution in [-0.4, -0.2) is 15.3 Å². The number of nitrogen functional groups attached to an aromatic ring is 1. The van der Waals surface area contributed by atoms with Crippen LogP contribution in [0, 0.1) is 4.77 Å². The van der Waals surface area contributed by atoms with Crippen LogP contribution in [0.4, 0.5) is 5.82 Å². The molecule has 0 aliphatic heterocycles. The van der Waals surface area contributed by atoms with E-state index in [1.807, 2.05) is 6.07 Å². The van der Waals surface area contributed by atoms with E-state index in [0.717, 1.165) is 0 Å². The lowest BCUT2D eigenvalue weighted by molar-refractivity contribution is 0.103. The van der Waals surface area contributed by atoms with Gasteiger partial charge in [0, 0.05) is 18.3 Å². The third kappa shape index (κ3) is 2.61. The number of anilines is 1. The van der Waals surface area contributed by atoms with Gasteiger partial charge in [-0.1, -0.05) is 36.4 Å². The molecule has 0 amide bonds. The summed E-state index contributed by atoms with van der Waals surface area (Å²) < 4.78 is 1.92. The molecule has 0 radical (unpaired) electrons. The number of ketones is 1. The van der Waals surface area contributed by atoms with Crippen LogP contribution in [0.3, 0.4) is 0 Å². The van der Waals surface area contributed by atoms with Gasteiger partial charge in [-0.2, -0.15) is 0 Å². The number of carbonyl (C=O) groups excluding carboxylic acids is 1. The summed E-state index contributed by atoms with van der Waals surface area (Å²) >= 11 is 5.08. The summed E-state index contributed by atoms with van der Waals surface area (Å²) in [4.78, 5) is 16.4. The Hall–Kier alpha value is -2.27. The van der Waals surface area contributed by atoms with E-state index in [4.69, 9.17) is 18.0 Å². The first-order chi connectivity index (χ1) is 9.15. The third-order valence-electron chi connectivity index (χ3n) is 2.69. The molecule has 0 aliphatic rings. The molecule has 0 saturated heterocycles. The maximum Gasteiger partial charge on any atom is 0.201 e. The van der Waals surface area contributed by atoms with Gasteiger partial charge in [-0.25, -0.2) is 4.98 Å². The highest BCUT2D eigenvalue weighted by molar-refractivity contribution is 7.71. The van der Waals surface area contributed by atoms with Crippen molar-refractivity contribution in [3.63, 3.8) is 0 Å². The fourth-order valence-corrected chi connectivity index (χ4v) is 1.96. The van der Waals surface area contributed by atoms with E-state index in [1.54, 1.807) is 34.9 Å². The molecule has 4 nitrogen and oxygen atoms in total. The van der Waals surface area contributed by atoms with Crippen molar-refractivity contribution < 1.29 is 4.79 Å². The number of aromatic nitrogens is 2. The minimum absolute atomic E-state index is 0.168. The van der Waals surface area contributed by atoms with Crippen LogP contribution in [0.1, 0.15) is 15.9 Å². The molecule has 2 rings (SSSR count). The second-order valence-corrected chi connectivity index (χ2v) is 4.30. The van der Waals surface area contributed by atoms with Crippen LogP contribution in [0.2, 0.25) is 0 Å². The van der Waals surface area contributed by atoms with E-state index >= 15 is 0 Å². The van der Waals surface area contributed by atoms with Crippen molar-refractivity contribution in [2.45, 2.75) is 6.54 Å². The van der Waals surface area contributed by atoms with Crippen molar-refractivity contribution in [2.24, 2.45) is 0 Å². The molecule has 0 atom stereocenters. The molecule has 0 saturated carbocycles. The summed E-state index contributed by atoms with van der Waals surface area (Å²) in [5.74, 6) is 0.146. The number of allylic oxidation sites excluding steroid dienone is 1. The zero-order valence-electron chi connectivity index (χ0n) is 10.2. The molecule has 19 heavy (non-hydrogen) atoms. The molecule has 5 heteroatoms. The maximum absolute atomic E-state index is 12.3. The smallest absolute Gasteiger partial charge is 0.201 e. The van der Waals surface area contributed by atoms with Crippen molar-refractivity contribution in [1.82, 2.24) is 9.55 Å². The number of carbonyl (C=O) groups is 1. The van der Waals surface area contributed by atoms with Gasteiger partial charge >= 0.3 is 0 Å². The number of nitrogens with two attached hydrogens (primary N) is 1. The first kappa shape index (κ1) is 13.2. The predicted molar refractivity (Wildman–Crippen MR) is 77.5 cm³/mol. The van der Waals surface area contributed by atoms with Crippen molar-refractivity contribution in [3.05, 3.63) is 65.1 Å². The number of benzene rings is 1. The molecule has 0 bridgehead atoms. The van der Waals surface area contributed by atoms with Gasteiger partial charge in [0.2, 0.25) is 4.77 Å². The number of hydrogen-bond donors (Lipinski definition) is 1. The Morgan fingerprint density at radius 1 is 1.42 bits per heavy atom. The van der Waals surface area contributed by atoms with Gasteiger partial charge in [-0.05, 0) is 12.2 Å². The highest BCUT2D eigenvalue weighted by atomic mass is 32.1. The normalized spacial score (nSPS) is 10.1. The summed E-state index contributed by atoms with van der Waals surface area (Å²) in [6, 6.07) is 8.93. The topological polar surface area (TPSA) is 60.9 Å². The van der Waals surface area contributed by atoms with Gasteiger partial charge in [0.1, 0.15) is 5.82 Å². The average molecular weight is 271 g/mol. The highest BCUT2D eigenvalue weighted by Gasteiger charge is 2.15. The van der Waals surface area contributed by atoms with Gasteiger partial charge in [-0.3, -0.25) is 9.36 Å². The Morgan fingerprint density at radius 2 is 2.11 bits per heavy atom. The number of nitrogens with zero attached hydrogens (tertiary/aromatic N) is 2. The van der Waals surface area contributed by atoms with E-state index in [0.29, 0.717) is 28.3 Å². The Kier molecular flexibility index (Phi) is 3.87. The second-order valence-electron chi connectivity index (χ2n) is 3.93. The van der Waals surface area contributed by atoms with E-state index < -0.39 is 0 Å². The lowest BCUT2D eigenvalue weighted by Gasteiger charge is -2.11. The van der Waals surface area contributed by atoms with E-state index in [2.05, 4.69) is 11.6 Å². The predicted octanol–water partition coefficient (Wildman–Crippen LogP) is 2.61. The van der Waals surface area contributed by atoms with Crippen LogP contribution < -0.4 is 5.73 Å². The van der Waals surface area contributed by atoms with Crippen molar-refractivity contribution in [3.8, 4) is 0 Å². The minimum atomic E-state index is -0.168. The van der Waals surface area contributed by atoms with Crippen molar-refractivity contribution >= 4 is 23.8 Å². The van der Waals surface area contributed by atoms with Crippen LogP contribution in [-0.2, 0) is 6.54 Å². The third-order valence-corrected chi connectivity index (χ3v) is 3.02. The molecule has 96 valence electrons. The largest absolute Gasteiger partial charge is 0.384 e. The highest BCUT2D eigenvalue weighted by Crippen LogP contribution is 2.16. The van der Waals surface area contributed by atoms with Crippen molar-refractivity contribution in [1.29, 1.82) is 0 Å². The molecule has 0 aliphatic carbocycles. The maximum atomic E-state index is 12.3. The molecule has 1 aromatic carbocycles. The Labute approximate surface area is 116 Å². The molecule has 0 unspecified atom stereocenters. The standard InChI is InChI=1S/C14H13N3OS/c1-2-8-17-13(15)11(9-16-14(17)19)12(18)10-6-4-3-5-7-10/h2-7,9H,1,8,15H2. The fraction of sp³-hybridized carbons (Fsp3) is 0.0714. The first-order valence-corrected chi connectivity index (χ1v) is 6.12. The molecule has 0 fully saturated rings. The average Bonchev–Trinajstić information content (AvgIpc) is 2.44. The lowest BCUT2D eigenvalue weighted by atomic mass is 10.1. The van der Waals surface area contributed by atoms with Gasteiger partial charge in [0.05, 0.1) is 5.56 Å². The van der Waals surface area contributed by atoms with Gasteiger partial charge in [-0.15, -0.1) is 6.58 Å². The Balaban J connectivity index is 2.52. The summed E-state index contributed by atoms with van der Waals surface area (Å²) in [6.45, 7) is 4.06. The first-order valence-electron chi connectivity index (χ1n) is 5.71. The SMILES string of the molecule is C=CCn1c(N)c(C(=O)c2ccccc2)cnc1=S. The zero-order valence-corrected chi connectivity index (χ0v) is 11.1. The van der Waals surface area contributed by atoms with Crippen LogP contribution >= 0.6 is 12.2 Å². The van der Waals surface area contributed by atoms with Gasteiger partial charge < -0.3 is 5.73 Å². The monoisotopic (exact) mass is 271 g/mol. The summed E-state index contributed by atoms with van der Waals surface area (Å²) in [7, 11) is 0. The van der Waals surface area contributed by atoms with E-state index in [-0.39, 0.29) is 5.78 Å². The van der Waals surface area contributed by atoms with Gasteiger partial charge in [0.25, 0.3) is 0 Å². The number of rotatable bonds is 4. The number of hydrogen-bond acceptors (Lipinski definition) is 4. The van der Waals surface area contributed by atoms with Crippen LogP contribution in [0.5, 0.6) is 0 Å².